The average Bonchev–Trinajstić information content (AvgIpc) is 3.01. The highest BCUT2D eigenvalue weighted by atomic mass is 19.4. The summed E-state index contributed by atoms with van der Waals surface area (Å²) in [7, 11) is 0. The van der Waals surface area contributed by atoms with Gasteiger partial charge in [-0.3, -0.25) is 0 Å². The lowest BCUT2D eigenvalue weighted by Crippen LogP contribution is -2.07. The van der Waals surface area contributed by atoms with E-state index in [0.29, 0.717) is 17.6 Å². The van der Waals surface area contributed by atoms with Crippen molar-refractivity contribution < 1.29 is 13.2 Å². The fourth-order valence-electron chi connectivity index (χ4n) is 2.54. The smallest absolute Gasteiger partial charge is 0.215 e. The van der Waals surface area contributed by atoms with Gasteiger partial charge in [0.25, 0.3) is 0 Å². The van der Waals surface area contributed by atoms with Crippen molar-refractivity contribution in [2.24, 2.45) is 0 Å². The number of hydrogen-bond donors (Lipinski definition) is 0. The lowest BCUT2D eigenvalue weighted by Gasteiger charge is -2.09. The number of halogens is 3. The van der Waals surface area contributed by atoms with E-state index in [2.05, 4.69) is 10.1 Å². The molecule has 0 unspecified atom stereocenters. The van der Waals surface area contributed by atoms with Crippen LogP contribution < -0.4 is 0 Å². The highest BCUT2D eigenvalue weighted by Crippen LogP contribution is 2.25. The molecule has 4 nitrogen and oxygen atoms in total. The van der Waals surface area contributed by atoms with Gasteiger partial charge in [0.1, 0.15) is 6.33 Å². The van der Waals surface area contributed by atoms with Crippen LogP contribution in [0.25, 0.3) is 16.9 Å². The molecule has 0 saturated carbocycles. The number of pyridine rings is 1. The van der Waals surface area contributed by atoms with E-state index in [1.54, 1.807) is 34.8 Å². The number of fused-ring (bicyclic) bond motifs is 1. The van der Waals surface area contributed by atoms with Crippen LogP contribution in [0.5, 0.6) is 0 Å². The van der Waals surface area contributed by atoms with Gasteiger partial charge in [-0.2, -0.15) is 23.5 Å². The molecule has 0 aliphatic carbocycles. The zero-order valence-electron chi connectivity index (χ0n) is 12.6. The molecule has 0 aliphatic rings. The van der Waals surface area contributed by atoms with E-state index in [-0.39, 0.29) is 6.42 Å². The molecular formula is C17H13F3N4. The van der Waals surface area contributed by atoms with Gasteiger partial charge in [-0.25, -0.2) is 9.50 Å². The lowest BCUT2D eigenvalue weighted by molar-refractivity contribution is -0.135. The van der Waals surface area contributed by atoms with E-state index in [4.69, 9.17) is 5.26 Å². The van der Waals surface area contributed by atoms with Gasteiger partial charge in [0.05, 0.1) is 17.3 Å². The first-order valence-corrected chi connectivity index (χ1v) is 7.36. The normalized spacial score (nSPS) is 11.6. The maximum Gasteiger partial charge on any atom is 0.389 e. The van der Waals surface area contributed by atoms with Crippen molar-refractivity contribution in [2.75, 3.05) is 0 Å². The Morgan fingerprint density at radius 3 is 2.54 bits per heavy atom. The van der Waals surface area contributed by atoms with Gasteiger partial charge in [-0.1, -0.05) is 12.1 Å². The van der Waals surface area contributed by atoms with Gasteiger partial charge in [0, 0.05) is 12.0 Å². The molecule has 7 heteroatoms. The number of nitrogens with zero attached hydrogens (tertiary/aromatic N) is 4. The van der Waals surface area contributed by atoms with E-state index in [1.807, 2.05) is 12.1 Å². The molecule has 0 atom stereocenters. The number of aromatic nitrogens is 3. The number of rotatable bonds is 4. The second kappa shape index (κ2) is 6.32. The van der Waals surface area contributed by atoms with Gasteiger partial charge in [-0.15, -0.1) is 0 Å². The Labute approximate surface area is 136 Å². The van der Waals surface area contributed by atoms with Gasteiger partial charge >= 0.3 is 6.18 Å². The zero-order chi connectivity index (χ0) is 17.2. The largest absolute Gasteiger partial charge is 0.389 e. The van der Waals surface area contributed by atoms with Crippen molar-refractivity contribution in [3.8, 4) is 17.3 Å². The summed E-state index contributed by atoms with van der Waals surface area (Å²) in [5, 5.41) is 13.0. The molecule has 0 saturated heterocycles. The van der Waals surface area contributed by atoms with Gasteiger partial charge in [-0.05, 0) is 42.7 Å². The van der Waals surface area contributed by atoms with Crippen LogP contribution in [0.15, 0.2) is 42.7 Å². The molecule has 2 aromatic heterocycles. The first-order valence-electron chi connectivity index (χ1n) is 7.36. The minimum Gasteiger partial charge on any atom is -0.215 e. The first-order chi connectivity index (χ1) is 11.5. The molecule has 3 rings (SSSR count). The van der Waals surface area contributed by atoms with Crippen LogP contribution in [0.1, 0.15) is 24.0 Å². The standard InChI is InChI=1S/C17H13F3N4/c18-17(19,20)7-1-2-13-8-15(24-16(9-13)22-11-23-24)14-5-3-12(10-21)4-6-14/h3-6,8-9,11H,1-2,7H2. The third-order valence-electron chi connectivity index (χ3n) is 3.67. The van der Waals surface area contributed by atoms with Gasteiger partial charge < -0.3 is 0 Å². The fraction of sp³-hybridized carbons (Fsp3) is 0.235. The molecule has 0 spiro atoms. The summed E-state index contributed by atoms with van der Waals surface area (Å²) >= 11 is 0. The summed E-state index contributed by atoms with van der Waals surface area (Å²) in [6.45, 7) is 0. The lowest BCUT2D eigenvalue weighted by atomic mass is 10.0. The summed E-state index contributed by atoms with van der Waals surface area (Å²) in [5.41, 5.74) is 3.45. The molecule has 122 valence electrons. The molecule has 2 heterocycles. The second-order valence-corrected chi connectivity index (χ2v) is 5.44. The summed E-state index contributed by atoms with van der Waals surface area (Å²) in [6.07, 6.45) is -3.21. The molecule has 0 fully saturated rings. The third kappa shape index (κ3) is 3.54. The maximum absolute atomic E-state index is 12.3. The Balaban J connectivity index is 1.94. The van der Waals surface area contributed by atoms with E-state index in [1.165, 1.54) is 6.33 Å². The Morgan fingerprint density at radius 2 is 1.88 bits per heavy atom. The Morgan fingerprint density at radius 1 is 1.12 bits per heavy atom. The molecular weight excluding hydrogens is 317 g/mol. The number of alkyl halides is 3. The Bertz CT molecular complexity index is 889. The van der Waals surface area contributed by atoms with Crippen LogP contribution in [-0.2, 0) is 6.42 Å². The van der Waals surface area contributed by atoms with Crippen molar-refractivity contribution in [1.29, 1.82) is 5.26 Å². The zero-order valence-corrected chi connectivity index (χ0v) is 12.6. The molecule has 1 aromatic carbocycles. The van der Waals surface area contributed by atoms with Crippen LogP contribution >= 0.6 is 0 Å². The predicted molar refractivity (Wildman–Crippen MR) is 82.1 cm³/mol. The van der Waals surface area contributed by atoms with E-state index >= 15 is 0 Å². The van der Waals surface area contributed by atoms with E-state index < -0.39 is 12.6 Å². The van der Waals surface area contributed by atoms with Crippen LogP contribution in [-0.4, -0.2) is 20.8 Å². The SMILES string of the molecule is N#Cc1ccc(-c2cc(CCCC(F)(F)F)cc3ncnn23)cc1. The monoisotopic (exact) mass is 330 g/mol. The molecule has 0 aliphatic heterocycles. The van der Waals surface area contributed by atoms with Gasteiger partial charge in [0.2, 0.25) is 0 Å². The third-order valence-corrected chi connectivity index (χ3v) is 3.67. The van der Waals surface area contributed by atoms with E-state index in [0.717, 1.165) is 16.8 Å². The first kappa shape index (κ1) is 16.0. The maximum atomic E-state index is 12.3. The summed E-state index contributed by atoms with van der Waals surface area (Å²) in [4.78, 5) is 4.13. The fourth-order valence-corrected chi connectivity index (χ4v) is 2.54. The molecule has 3 aromatic rings. The minimum absolute atomic E-state index is 0.0284. The highest BCUT2D eigenvalue weighted by molar-refractivity contribution is 5.65. The number of nitriles is 1. The predicted octanol–water partition coefficient (Wildman–Crippen LogP) is 4.15. The Hall–Kier alpha value is -2.88. The van der Waals surface area contributed by atoms with Crippen molar-refractivity contribution in [1.82, 2.24) is 14.6 Å². The second-order valence-electron chi connectivity index (χ2n) is 5.44. The van der Waals surface area contributed by atoms with Crippen LogP contribution in [0.3, 0.4) is 0 Å². The van der Waals surface area contributed by atoms with Crippen molar-refractivity contribution in [3.05, 3.63) is 53.9 Å². The van der Waals surface area contributed by atoms with Crippen molar-refractivity contribution >= 4 is 5.65 Å². The quantitative estimate of drug-likeness (QED) is 0.722. The number of aryl methyl sites for hydroxylation is 1. The molecule has 0 N–H and O–H groups in total. The molecule has 0 radical (unpaired) electrons. The van der Waals surface area contributed by atoms with Crippen molar-refractivity contribution in [2.45, 2.75) is 25.4 Å². The molecule has 0 bridgehead atoms. The topological polar surface area (TPSA) is 54.0 Å². The van der Waals surface area contributed by atoms with Gasteiger partial charge in [0.15, 0.2) is 5.65 Å². The average molecular weight is 330 g/mol. The Kier molecular flexibility index (Phi) is 4.21. The number of hydrogen-bond acceptors (Lipinski definition) is 3. The van der Waals surface area contributed by atoms with Crippen LogP contribution in [0.2, 0.25) is 0 Å². The van der Waals surface area contributed by atoms with Crippen LogP contribution in [0, 0.1) is 11.3 Å². The highest BCUT2D eigenvalue weighted by Gasteiger charge is 2.26. The number of benzene rings is 1. The van der Waals surface area contributed by atoms with Crippen molar-refractivity contribution in [3.63, 3.8) is 0 Å². The summed E-state index contributed by atoms with van der Waals surface area (Å²) in [5.74, 6) is 0. The summed E-state index contributed by atoms with van der Waals surface area (Å²) in [6, 6.07) is 12.6. The molecule has 0 amide bonds. The minimum atomic E-state index is -4.14. The van der Waals surface area contributed by atoms with Crippen LogP contribution in [0.4, 0.5) is 13.2 Å². The van der Waals surface area contributed by atoms with E-state index in [9.17, 15) is 13.2 Å². The summed E-state index contributed by atoms with van der Waals surface area (Å²) < 4.78 is 38.6. The molecule has 24 heavy (non-hydrogen) atoms.